The number of carbonyl (C=O) groups is 1. The average Bonchev–Trinajstić information content (AvgIpc) is 1.65. The highest BCUT2D eigenvalue weighted by Crippen LogP contribution is 2.02. The van der Waals surface area contributed by atoms with Gasteiger partial charge in [-0.15, -0.1) is 11.6 Å². The maximum Gasteiger partial charge on any atom is 0.180 e. The van der Waals surface area contributed by atoms with E-state index < -0.39 is 4.84 Å². The second-order valence-corrected chi connectivity index (χ2v) is 2.26. The first-order valence-electron chi connectivity index (χ1n) is 1.55. The van der Waals surface area contributed by atoms with E-state index in [1.807, 2.05) is 0 Å². The first kappa shape index (κ1) is 7.54. The Hall–Kier alpha value is 0.540. The summed E-state index contributed by atoms with van der Waals surface area (Å²) in [7, 11) is 0. The minimum absolute atomic E-state index is 0.113. The minimum atomic E-state index is -0.961. The zero-order valence-electron chi connectivity index (χ0n) is 3.33. The number of rotatable bonds is 2. The number of hydrogen-bond acceptors (Lipinski definition) is 1. The van der Waals surface area contributed by atoms with Crippen LogP contribution in [-0.2, 0) is 4.79 Å². The van der Waals surface area contributed by atoms with Gasteiger partial charge in [-0.1, -0.05) is 23.2 Å². The highest BCUT2D eigenvalue weighted by atomic mass is 35.5. The minimum Gasteiger partial charge on any atom is -0.295 e. The van der Waals surface area contributed by atoms with Crippen molar-refractivity contribution in [2.75, 3.05) is 5.88 Å². The summed E-state index contributed by atoms with van der Waals surface area (Å²) in [6.45, 7) is 0. The molecule has 0 atom stereocenters. The summed E-state index contributed by atoms with van der Waals surface area (Å²) in [4.78, 5) is 9.16. The molecule has 0 aromatic carbocycles. The normalized spacial score (nSPS) is 9.71. The van der Waals surface area contributed by atoms with Crippen LogP contribution in [-0.4, -0.2) is 16.5 Å². The van der Waals surface area contributed by atoms with E-state index in [0.717, 1.165) is 0 Å². The number of Topliss-reactive ketones (excluding diaryl/α,β-unsaturated/α-hetero) is 1. The predicted molar refractivity (Wildman–Crippen MR) is 31.2 cm³/mol. The van der Waals surface area contributed by atoms with Gasteiger partial charge in [-0.3, -0.25) is 4.79 Å². The largest absolute Gasteiger partial charge is 0.295 e. The van der Waals surface area contributed by atoms with Gasteiger partial charge in [-0.2, -0.15) is 0 Å². The maximum atomic E-state index is 10.1. The van der Waals surface area contributed by atoms with E-state index in [2.05, 4.69) is 0 Å². The molecule has 0 radical (unpaired) electrons. The molecule has 0 heterocycles. The number of carbonyl (C=O) groups excluding carboxylic acids is 1. The topological polar surface area (TPSA) is 17.1 Å². The first-order valence-corrected chi connectivity index (χ1v) is 2.96. The van der Waals surface area contributed by atoms with Crippen molar-refractivity contribution in [1.29, 1.82) is 0 Å². The molecule has 1 nitrogen and oxygen atoms in total. The molecule has 0 aromatic rings. The molecule has 0 aromatic heterocycles. The van der Waals surface area contributed by atoms with E-state index in [1.165, 1.54) is 0 Å². The van der Waals surface area contributed by atoms with Gasteiger partial charge in [0.2, 0.25) is 0 Å². The van der Waals surface area contributed by atoms with Gasteiger partial charge in [0.1, 0.15) is 0 Å². The van der Waals surface area contributed by atoms with Crippen LogP contribution in [0.4, 0.5) is 0 Å². The van der Waals surface area contributed by atoms with Gasteiger partial charge in [0.15, 0.2) is 10.6 Å². The van der Waals surface area contributed by atoms with Gasteiger partial charge < -0.3 is 0 Å². The Kier molecular flexibility index (Phi) is 3.80. The molecule has 0 saturated heterocycles. The van der Waals surface area contributed by atoms with E-state index >= 15 is 0 Å². The second-order valence-electron chi connectivity index (χ2n) is 0.901. The summed E-state index contributed by atoms with van der Waals surface area (Å²) in [5.74, 6) is -0.470. The fourth-order valence-electron chi connectivity index (χ4n) is 0.0583. The second kappa shape index (κ2) is 3.53. The quantitative estimate of drug-likeness (QED) is 0.446. The SMILES string of the molecule is O=C([13CH2]Cl)[13CH](Cl)Cl. The van der Waals surface area contributed by atoms with Crippen LogP contribution in [0.1, 0.15) is 0 Å². The lowest BCUT2D eigenvalue weighted by Gasteiger charge is -1.89. The summed E-state index contributed by atoms with van der Waals surface area (Å²) in [5, 5.41) is 0. The zero-order chi connectivity index (χ0) is 5.86. The Morgan fingerprint density at radius 3 is 2.00 bits per heavy atom. The molecule has 0 aliphatic carbocycles. The first-order chi connectivity index (χ1) is 3.18. The standard InChI is InChI=1S/C3H3Cl3O/c4-1-2(7)3(5)6/h3H,1H2/i1+1,3+1. The lowest BCUT2D eigenvalue weighted by atomic mass is 10.9. The highest BCUT2D eigenvalue weighted by Gasteiger charge is 2.07. The fraction of sp³-hybridized carbons (Fsp3) is 0.667. The molecule has 4 heteroatoms. The van der Waals surface area contributed by atoms with Crippen molar-refractivity contribution < 1.29 is 4.79 Å². The van der Waals surface area contributed by atoms with Crippen molar-refractivity contribution in [2.45, 2.75) is 4.84 Å². The number of alkyl halides is 3. The molecule has 0 fully saturated rings. The van der Waals surface area contributed by atoms with Gasteiger partial charge in [-0.25, -0.2) is 0 Å². The lowest BCUT2D eigenvalue weighted by molar-refractivity contribution is -0.115. The van der Waals surface area contributed by atoms with Gasteiger partial charge in [0, 0.05) is 0 Å². The van der Waals surface area contributed by atoms with Gasteiger partial charge in [0.25, 0.3) is 0 Å². The van der Waals surface area contributed by atoms with Crippen LogP contribution in [0.5, 0.6) is 0 Å². The lowest BCUT2D eigenvalue weighted by Crippen LogP contribution is -2.07. The third-order valence-corrected chi connectivity index (χ3v) is 1.13. The van der Waals surface area contributed by atoms with Crippen LogP contribution in [0.25, 0.3) is 0 Å². The summed E-state index contributed by atoms with van der Waals surface area (Å²) in [5.41, 5.74) is 0. The molecular formula is C3H3Cl3O. The predicted octanol–water partition coefficient (Wildman–Crippen LogP) is 1.60. The van der Waals surface area contributed by atoms with E-state index in [4.69, 9.17) is 34.8 Å². The van der Waals surface area contributed by atoms with Crippen molar-refractivity contribution in [1.82, 2.24) is 0 Å². The Morgan fingerprint density at radius 2 is 2.00 bits per heavy atom. The molecule has 0 N–H and O–H groups in total. The van der Waals surface area contributed by atoms with E-state index in [-0.39, 0.29) is 11.7 Å². The fourth-order valence-corrected chi connectivity index (χ4v) is 0.525. The molecule has 42 valence electrons. The van der Waals surface area contributed by atoms with Crippen LogP contribution in [0, 0.1) is 0 Å². The Balaban J connectivity index is 3.35. The number of ketones is 1. The highest BCUT2D eigenvalue weighted by molar-refractivity contribution is 6.55. The van der Waals surface area contributed by atoms with Crippen molar-refractivity contribution in [3.63, 3.8) is 0 Å². The molecule has 0 rings (SSSR count). The molecule has 0 aliphatic heterocycles. The van der Waals surface area contributed by atoms with Crippen LogP contribution in [0.2, 0.25) is 0 Å². The van der Waals surface area contributed by atoms with Crippen molar-refractivity contribution in [2.24, 2.45) is 0 Å². The number of halogens is 3. The van der Waals surface area contributed by atoms with E-state index in [9.17, 15) is 4.79 Å². The molecule has 0 saturated carbocycles. The summed E-state index contributed by atoms with van der Waals surface area (Å²) in [6.07, 6.45) is 0. The van der Waals surface area contributed by atoms with Gasteiger partial charge >= 0.3 is 0 Å². The molecular weight excluding hydrogens is 160 g/mol. The average molecular weight is 163 g/mol. The van der Waals surface area contributed by atoms with Crippen LogP contribution < -0.4 is 0 Å². The smallest absolute Gasteiger partial charge is 0.180 e. The van der Waals surface area contributed by atoms with Gasteiger partial charge in [0.05, 0.1) is 5.88 Å². The Morgan fingerprint density at radius 1 is 1.57 bits per heavy atom. The molecule has 0 bridgehead atoms. The summed E-state index contributed by atoms with van der Waals surface area (Å²) >= 11 is 15.1. The van der Waals surface area contributed by atoms with Crippen molar-refractivity contribution in [3.05, 3.63) is 0 Å². The van der Waals surface area contributed by atoms with Crippen LogP contribution >= 0.6 is 34.8 Å². The molecule has 0 aliphatic rings. The third-order valence-electron chi connectivity index (χ3n) is 0.375. The Bertz CT molecular complexity index is 70.6. The maximum absolute atomic E-state index is 10.1. The van der Waals surface area contributed by atoms with Crippen molar-refractivity contribution in [3.8, 4) is 0 Å². The Labute approximate surface area is 56.5 Å². The summed E-state index contributed by atoms with van der Waals surface area (Å²) in [6, 6.07) is 0. The molecule has 7 heavy (non-hydrogen) atoms. The van der Waals surface area contributed by atoms with Crippen LogP contribution in [0.15, 0.2) is 0 Å². The monoisotopic (exact) mass is 162 g/mol. The van der Waals surface area contributed by atoms with Gasteiger partial charge in [-0.05, 0) is 0 Å². The number of hydrogen-bond donors (Lipinski definition) is 0. The van der Waals surface area contributed by atoms with Crippen LogP contribution in [0.3, 0.4) is 0 Å². The van der Waals surface area contributed by atoms with Crippen molar-refractivity contribution >= 4 is 40.6 Å². The summed E-state index contributed by atoms with van der Waals surface area (Å²) < 4.78 is 0. The zero-order valence-corrected chi connectivity index (χ0v) is 5.59. The molecule has 0 unspecified atom stereocenters. The van der Waals surface area contributed by atoms with E-state index in [1.54, 1.807) is 0 Å². The molecule has 0 spiro atoms. The van der Waals surface area contributed by atoms with E-state index in [0.29, 0.717) is 0 Å². The molecule has 0 amide bonds. The third kappa shape index (κ3) is 3.15.